The van der Waals surface area contributed by atoms with E-state index in [1.165, 1.54) is 4.90 Å². The highest BCUT2D eigenvalue weighted by molar-refractivity contribution is 5.80. The van der Waals surface area contributed by atoms with Gasteiger partial charge in [0.15, 0.2) is 0 Å². The molecule has 6 nitrogen and oxygen atoms in total. The normalized spacial score (nSPS) is 21.1. The van der Waals surface area contributed by atoms with Gasteiger partial charge >= 0.3 is 12.0 Å². The Balaban J connectivity index is 1.74. The highest BCUT2D eigenvalue weighted by Crippen LogP contribution is 2.26. The minimum absolute atomic E-state index is 0.133. The molecule has 0 unspecified atom stereocenters. The van der Waals surface area contributed by atoms with Crippen molar-refractivity contribution < 1.29 is 14.7 Å². The van der Waals surface area contributed by atoms with Gasteiger partial charge < -0.3 is 20.2 Å². The summed E-state index contributed by atoms with van der Waals surface area (Å²) in [5.41, 5.74) is 0. The summed E-state index contributed by atoms with van der Waals surface area (Å²) in [6.45, 7) is 2.61. The molecule has 1 aliphatic heterocycles. The first-order valence-electron chi connectivity index (χ1n) is 7.01. The van der Waals surface area contributed by atoms with E-state index in [1.54, 1.807) is 0 Å². The summed E-state index contributed by atoms with van der Waals surface area (Å²) in [4.78, 5) is 26.5. The molecule has 2 rings (SSSR count). The Hall–Kier alpha value is -1.30. The van der Waals surface area contributed by atoms with Gasteiger partial charge in [-0.25, -0.2) is 4.79 Å². The third kappa shape index (κ3) is 4.38. The second kappa shape index (κ2) is 6.23. The number of nitrogens with zero attached hydrogens (tertiary/aromatic N) is 2. The Bertz CT molecular complexity index is 336. The minimum Gasteiger partial charge on any atom is -0.480 e. The number of hydrogen-bond donors (Lipinski definition) is 2. The molecule has 19 heavy (non-hydrogen) atoms. The maximum atomic E-state index is 12.0. The SMILES string of the molecule is CN1CCC(CNC(=O)N(CC(=O)O)C2CC2)CC1. The Kier molecular flexibility index (Phi) is 4.63. The number of amides is 2. The molecular formula is C13H23N3O3. The third-order valence-electron chi connectivity index (χ3n) is 3.93. The van der Waals surface area contributed by atoms with Gasteiger partial charge in [-0.2, -0.15) is 0 Å². The Morgan fingerprint density at radius 3 is 2.42 bits per heavy atom. The van der Waals surface area contributed by atoms with E-state index in [9.17, 15) is 9.59 Å². The van der Waals surface area contributed by atoms with E-state index in [2.05, 4.69) is 17.3 Å². The number of carboxylic acids is 1. The van der Waals surface area contributed by atoms with Gasteiger partial charge in [0.2, 0.25) is 0 Å². The predicted molar refractivity (Wildman–Crippen MR) is 71.0 cm³/mol. The maximum Gasteiger partial charge on any atom is 0.323 e. The third-order valence-corrected chi connectivity index (χ3v) is 3.93. The van der Waals surface area contributed by atoms with Crippen LogP contribution in [-0.4, -0.2) is 66.2 Å². The zero-order valence-corrected chi connectivity index (χ0v) is 11.5. The van der Waals surface area contributed by atoms with Crippen LogP contribution in [0.2, 0.25) is 0 Å². The molecule has 0 spiro atoms. The molecular weight excluding hydrogens is 246 g/mol. The lowest BCUT2D eigenvalue weighted by Crippen LogP contribution is -2.46. The lowest BCUT2D eigenvalue weighted by Gasteiger charge is -2.29. The quantitative estimate of drug-likeness (QED) is 0.766. The molecule has 0 atom stereocenters. The van der Waals surface area contributed by atoms with Crippen LogP contribution >= 0.6 is 0 Å². The highest BCUT2D eigenvalue weighted by Gasteiger charge is 2.34. The number of aliphatic carboxylic acids is 1. The first-order valence-corrected chi connectivity index (χ1v) is 7.01. The number of nitrogens with one attached hydrogen (secondary N) is 1. The van der Waals surface area contributed by atoms with Crippen LogP contribution in [0.15, 0.2) is 0 Å². The molecule has 1 aliphatic carbocycles. The Labute approximate surface area is 113 Å². The second-order valence-corrected chi connectivity index (χ2v) is 5.69. The van der Waals surface area contributed by atoms with E-state index in [-0.39, 0.29) is 18.6 Å². The van der Waals surface area contributed by atoms with Crippen molar-refractivity contribution in [1.82, 2.24) is 15.1 Å². The van der Waals surface area contributed by atoms with Crippen LogP contribution in [0.4, 0.5) is 4.79 Å². The van der Waals surface area contributed by atoms with Crippen molar-refractivity contribution in [1.29, 1.82) is 0 Å². The summed E-state index contributed by atoms with van der Waals surface area (Å²) in [5.74, 6) is -0.424. The van der Waals surface area contributed by atoms with Gasteiger partial charge in [0.05, 0.1) is 0 Å². The van der Waals surface area contributed by atoms with Crippen molar-refractivity contribution in [3.63, 3.8) is 0 Å². The zero-order chi connectivity index (χ0) is 13.8. The molecule has 0 radical (unpaired) electrons. The minimum atomic E-state index is -0.943. The summed E-state index contributed by atoms with van der Waals surface area (Å²) in [7, 11) is 2.11. The Morgan fingerprint density at radius 2 is 1.89 bits per heavy atom. The standard InChI is InChI=1S/C13H23N3O3/c1-15-6-4-10(5-7-15)8-14-13(19)16(9-12(17)18)11-2-3-11/h10-11H,2-9H2,1H3,(H,14,19)(H,17,18). The Morgan fingerprint density at radius 1 is 1.26 bits per heavy atom. The fraction of sp³-hybridized carbons (Fsp3) is 0.846. The average Bonchev–Trinajstić information content (AvgIpc) is 3.19. The van der Waals surface area contributed by atoms with E-state index < -0.39 is 5.97 Å². The van der Waals surface area contributed by atoms with Crippen LogP contribution in [0.25, 0.3) is 0 Å². The molecule has 0 bridgehead atoms. The van der Waals surface area contributed by atoms with Gasteiger partial charge in [-0.3, -0.25) is 4.79 Å². The summed E-state index contributed by atoms with van der Waals surface area (Å²) in [6, 6.07) is -0.0857. The number of likely N-dealkylation sites (tertiary alicyclic amines) is 1. The summed E-state index contributed by atoms with van der Waals surface area (Å²) < 4.78 is 0. The zero-order valence-electron chi connectivity index (χ0n) is 11.5. The van der Waals surface area contributed by atoms with Gasteiger partial charge in [-0.15, -0.1) is 0 Å². The van der Waals surface area contributed by atoms with Crippen LogP contribution in [0.1, 0.15) is 25.7 Å². The van der Waals surface area contributed by atoms with Gasteiger partial charge in [-0.05, 0) is 51.7 Å². The lowest BCUT2D eigenvalue weighted by molar-refractivity contribution is -0.137. The second-order valence-electron chi connectivity index (χ2n) is 5.69. The van der Waals surface area contributed by atoms with E-state index in [4.69, 9.17) is 5.11 Å². The molecule has 2 fully saturated rings. The molecule has 0 aromatic carbocycles. The van der Waals surface area contributed by atoms with Crippen molar-refractivity contribution >= 4 is 12.0 Å². The molecule has 108 valence electrons. The topological polar surface area (TPSA) is 72.9 Å². The molecule has 2 aliphatic rings. The van der Waals surface area contributed by atoms with Gasteiger partial charge in [0.25, 0.3) is 0 Å². The summed E-state index contributed by atoms with van der Waals surface area (Å²) >= 11 is 0. The molecule has 0 aromatic rings. The molecule has 6 heteroatoms. The molecule has 2 amide bonds. The van der Waals surface area contributed by atoms with Crippen molar-refractivity contribution in [2.24, 2.45) is 5.92 Å². The average molecular weight is 269 g/mol. The van der Waals surface area contributed by atoms with Crippen molar-refractivity contribution in [2.45, 2.75) is 31.7 Å². The molecule has 1 heterocycles. The van der Waals surface area contributed by atoms with Gasteiger partial charge in [0, 0.05) is 12.6 Å². The van der Waals surface area contributed by atoms with Crippen LogP contribution in [0.5, 0.6) is 0 Å². The van der Waals surface area contributed by atoms with Crippen LogP contribution in [0, 0.1) is 5.92 Å². The van der Waals surface area contributed by atoms with Crippen molar-refractivity contribution in [3.05, 3.63) is 0 Å². The highest BCUT2D eigenvalue weighted by atomic mass is 16.4. The van der Waals surface area contributed by atoms with E-state index in [0.29, 0.717) is 12.5 Å². The first-order chi connectivity index (χ1) is 9.06. The maximum absolute atomic E-state index is 12.0. The first kappa shape index (κ1) is 14.1. The van der Waals surface area contributed by atoms with Crippen molar-refractivity contribution in [2.75, 3.05) is 33.2 Å². The van der Waals surface area contributed by atoms with Crippen LogP contribution in [0.3, 0.4) is 0 Å². The number of carboxylic acid groups (broad SMARTS) is 1. The van der Waals surface area contributed by atoms with Crippen molar-refractivity contribution in [3.8, 4) is 0 Å². The lowest BCUT2D eigenvalue weighted by atomic mass is 9.97. The number of urea groups is 1. The smallest absolute Gasteiger partial charge is 0.323 e. The van der Waals surface area contributed by atoms with E-state index in [1.807, 2.05) is 0 Å². The van der Waals surface area contributed by atoms with Crippen LogP contribution in [-0.2, 0) is 4.79 Å². The molecule has 2 N–H and O–H groups in total. The van der Waals surface area contributed by atoms with Gasteiger partial charge in [-0.1, -0.05) is 0 Å². The molecule has 1 saturated carbocycles. The number of rotatable bonds is 5. The van der Waals surface area contributed by atoms with Gasteiger partial charge in [0.1, 0.15) is 6.54 Å². The fourth-order valence-corrected chi connectivity index (χ4v) is 2.50. The molecule has 0 aromatic heterocycles. The predicted octanol–water partition coefficient (Wildman–Crippen LogP) is 0.587. The van der Waals surface area contributed by atoms with E-state index >= 15 is 0 Å². The number of carbonyl (C=O) groups excluding carboxylic acids is 1. The fourth-order valence-electron chi connectivity index (χ4n) is 2.50. The summed E-state index contributed by atoms with van der Waals surface area (Å²) in [6.07, 6.45) is 4.04. The molecule has 1 saturated heterocycles. The number of hydrogen-bond acceptors (Lipinski definition) is 3. The largest absolute Gasteiger partial charge is 0.480 e. The van der Waals surface area contributed by atoms with E-state index in [0.717, 1.165) is 38.8 Å². The summed E-state index contributed by atoms with van der Waals surface area (Å²) in [5, 5.41) is 11.7. The monoisotopic (exact) mass is 269 g/mol. The van der Waals surface area contributed by atoms with Crippen LogP contribution < -0.4 is 5.32 Å². The number of piperidine rings is 1. The number of carbonyl (C=O) groups is 2.